The van der Waals surface area contributed by atoms with Crippen LogP contribution in [0.5, 0.6) is 0 Å². The molecule has 1 fully saturated rings. The zero-order chi connectivity index (χ0) is 13.7. The molecule has 7 heteroatoms. The number of rotatable bonds is 4. The molecule has 1 aliphatic rings. The Balaban J connectivity index is 0.00000200. The van der Waals surface area contributed by atoms with Crippen molar-refractivity contribution in [3.05, 3.63) is 17.3 Å². The van der Waals surface area contributed by atoms with Crippen molar-refractivity contribution in [2.24, 2.45) is 10.7 Å². The van der Waals surface area contributed by atoms with E-state index in [1.54, 1.807) is 0 Å². The quantitative estimate of drug-likeness (QED) is 0.478. The molecule has 0 saturated carbocycles. The summed E-state index contributed by atoms with van der Waals surface area (Å²) in [6.07, 6.45) is 1.89. The third kappa shape index (κ3) is 4.62. The minimum Gasteiger partial charge on any atom is -0.443 e. The van der Waals surface area contributed by atoms with Gasteiger partial charge in [-0.1, -0.05) is 6.92 Å². The van der Waals surface area contributed by atoms with Gasteiger partial charge in [0.1, 0.15) is 12.3 Å². The summed E-state index contributed by atoms with van der Waals surface area (Å²) >= 11 is 0. The van der Waals surface area contributed by atoms with Gasteiger partial charge in [-0.25, -0.2) is 9.98 Å². The van der Waals surface area contributed by atoms with Gasteiger partial charge in [-0.2, -0.15) is 0 Å². The smallest absolute Gasteiger partial charge is 0.194 e. The van der Waals surface area contributed by atoms with Crippen LogP contribution in [0.2, 0.25) is 0 Å². The molecule has 0 unspecified atom stereocenters. The van der Waals surface area contributed by atoms with E-state index in [0.29, 0.717) is 25.7 Å². The van der Waals surface area contributed by atoms with Gasteiger partial charge in [-0.05, 0) is 13.3 Å². The molecule has 0 radical (unpaired) electrons. The second kappa shape index (κ2) is 8.46. The SMILES string of the molecule is CCCc1nc(C)c(CN=C(N)N2CCOCC2)o1.I. The fourth-order valence-corrected chi connectivity index (χ4v) is 2.00. The monoisotopic (exact) mass is 394 g/mol. The van der Waals surface area contributed by atoms with Crippen LogP contribution in [0.1, 0.15) is 30.7 Å². The molecule has 1 aliphatic heterocycles. The van der Waals surface area contributed by atoms with Crippen LogP contribution in [0.4, 0.5) is 0 Å². The Bertz CT molecular complexity index is 442. The number of hydrogen-bond acceptors (Lipinski definition) is 4. The van der Waals surface area contributed by atoms with Crippen molar-refractivity contribution in [2.45, 2.75) is 33.2 Å². The van der Waals surface area contributed by atoms with E-state index in [0.717, 1.165) is 43.3 Å². The Kier molecular flexibility index (Phi) is 7.28. The lowest BCUT2D eigenvalue weighted by molar-refractivity contribution is 0.0674. The Morgan fingerprint density at radius 1 is 1.40 bits per heavy atom. The maximum atomic E-state index is 5.97. The van der Waals surface area contributed by atoms with Crippen molar-refractivity contribution in [2.75, 3.05) is 26.3 Å². The molecule has 1 aromatic heterocycles. The van der Waals surface area contributed by atoms with Crippen molar-refractivity contribution in [3.8, 4) is 0 Å². The standard InChI is InChI=1S/C13H22N4O2.HI/c1-3-4-12-16-10(2)11(19-12)9-15-13(14)17-5-7-18-8-6-17;/h3-9H2,1-2H3,(H2,14,15);1H. The third-order valence-electron chi connectivity index (χ3n) is 3.12. The molecule has 0 aromatic carbocycles. The van der Waals surface area contributed by atoms with Crippen molar-refractivity contribution >= 4 is 29.9 Å². The third-order valence-corrected chi connectivity index (χ3v) is 3.12. The topological polar surface area (TPSA) is 76.9 Å². The molecule has 2 N–H and O–H groups in total. The minimum atomic E-state index is 0. The Hall–Kier alpha value is -0.830. The summed E-state index contributed by atoms with van der Waals surface area (Å²) in [5.74, 6) is 2.14. The lowest BCUT2D eigenvalue weighted by atomic mass is 10.3. The van der Waals surface area contributed by atoms with Gasteiger partial charge in [-0.15, -0.1) is 24.0 Å². The number of aliphatic imine (C=N–C) groups is 1. The van der Waals surface area contributed by atoms with Gasteiger partial charge in [-0.3, -0.25) is 0 Å². The largest absolute Gasteiger partial charge is 0.443 e. The fraction of sp³-hybridized carbons (Fsp3) is 0.692. The number of halogens is 1. The summed E-state index contributed by atoms with van der Waals surface area (Å²) in [6, 6.07) is 0. The molecular weight excluding hydrogens is 371 g/mol. The lowest BCUT2D eigenvalue weighted by Crippen LogP contribution is -2.44. The van der Waals surface area contributed by atoms with E-state index in [1.165, 1.54) is 0 Å². The molecule has 1 saturated heterocycles. The van der Waals surface area contributed by atoms with Gasteiger partial charge in [0.2, 0.25) is 0 Å². The summed E-state index contributed by atoms with van der Waals surface area (Å²) in [5, 5.41) is 0. The van der Waals surface area contributed by atoms with Crippen molar-refractivity contribution in [3.63, 3.8) is 0 Å². The molecular formula is C13H23IN4O2. The van der Waals surface area contributed by atoms with Crippen LogP contribution in [0.15, 0.2) is 9.41 Å². The summed E-state index contributed by atoms with van der Waals surface area (Å²) in [5.41, 5.74) is 6.87. The molecule has 114 valence electrons. The van der Waals surface area contributed by atoms with Gasteiger partial charge in [0.05, 0.1) is 18.9 Å². The second-order valence-corrected chi connectivity index (χ2v) is 4.64. The van der Waals surface area contributed by atoms with Crippen LogP contribution in [0, 0.1) is 6.92 Å². The van der Waals surface area contributed by atoms with Crippen LogP contribution < -0.4 is 5.73 Å². The number of nitrogens with zero attached hydrogens (tertiary/aromatic N) is 3. The van der Waals surface area contributed by atoms with Crippen molar-refractivity contribution < 1.29 is 9.15 Å². The summed E-state index contributed by atoms with van der Waals surface area (Å²) in [4.78, 5) is 10.8. The first kappa shape index (κ1) is 17.2. The lowest BCUT2D eigenvalue weighted by Gasteiger charge is -2.27. The van der Waals surface area contributed by atoms with E-state index in [-0.39, 0.29) is 24.0 Å². The molecule has 6 nitrogen and oxygen atoms in total. The van der Waals surface area contributed by atoms with Gasteiger partial charge in [0, 0.05) is 19.5 Å². The highest BCUT2D eigenvalue weighted by atomic mass is 127. The highest BCUT2D eigenvalue weighted by Gasteiger charge is 2.13. The molecule has 20 heavy (non-hydrogen) atoms. The number of oxazole rings is 1. The highest BCUT2D eigenvalue weighted by molar-refractivity contribution is 14.0. The normalized spacial score (nSPS) is 16.1. The van der Waals surface area contributed by atoms with E-state index < -0.39 is 0 Å². The number of aromatic nitrogens is 1. The maximum absolute atomic E-state index is 5.97. The Morgan fingerprint density at radius 3 is 2.75 bits per heavy atom. The minimum absolute atomic E-state index is 0. The Labute approximate surface area is 136 Å². The summed E-state index contributed by atoms with van der Waals surface area (Å²) in [6.45, 7) is 7.51. The Morgan fingerprint density at radius 2 is 2.10 bits per heavy atom. The number of ether oxygens (including phenoxy) is 1. The molecule has 1 aromatic rings. The van der Waals surface area contributed by atoms with E-state index >= 15 is 0 Å². The molecule has 2 heterocycles. The van der Waals surface area contributed by atoms with Crippen LogP contribution in [-0.2, 0) is 17.7 Å². The predicted molar refractivity (Wildman–Crippen MR) is 88.4 cm³/mol. The molecule has 0 bridgehead atoms. The van der Waals surface area contributed by atoms with Crippen LogP contribution in [-0.4, -0.2) is 42.1 Å². The van der Waals surface area contributed by atoms with Crippen LogP contribution in [0.25, 0.3) is 0 Å². The predicted octanol–water partition coefficient (Wildman–Crippen LogP) is 1.70. The van der Waals surface area contributed by atoms with Crippen molar-refractivity contribution in [1.29, 1.82) is 0 Å². The molecule has 2 rings (SSSR count). The number of aryl methyl sites for hydroxylation is 2. The number of hydrogen-bond donors (Lipinski definition) is 1. The van der Waals surface area contributed by atoms with Crippen molar-refractivity contribution in [1.82, 2.24) is 9.88 Å². The summed E-state index contributed by atoms with van der Waals surface area (Å²) in [7, 11) is 0. The highest BCUT2D eigenvalue weighted by Crippen LogP contribution is 2.13. The van der Waals surface area contributed by atoms with E-state index in [4.69, 9.17) is 14.9 Å². The van der Waals surface area contributed by atoms with E-state index in [9.17, 15) is 0 Å². The average molecular weight is 394 g/mol. The zero-order valence-electron chi connectivity index (χ0n) is 12.1. The van der Waals surface area contributed by atoms with Gasteiger partial charge >= 0.3 is 0 Å². The molecule has 0 amide bonds. The van der Waals surface area contributed by atoms with Gasteiger partial charge in [0.25, 0.3) is 0 Å². The first-order valence-corrected chi connectivity index (χ1v) is 6.78. The number of guanidine groups is 1. The molecule has 0 atom stereocenters. The molecule has 0 spiro atoms. The van der Waals surface area contributed by atoms with E-state index in [1.807, 2.05) is 11.8 Å². The molecule has 0 aliphatic carbocycles. The average Bonchev–Trinajstić information content (AvgIpc) is 2.78. The van der Waals surface area contributed by atoms with Crippen LogP contribution in [0.3, 0.4) is 0 Å². The fourth-order valence-electron chi connectivity index (χ4n) is 2.00. The zero-order valence-corrected chi connectivity index (χ0v) is 14.4. The number of nitrogens with two attached hydrogens (primary N) is 1. The summed E-state index contributed by atoms with van der Waals surface area (Å²) < 4.78 is 11.0. The van der Waals surface area contributed by atoms with Gasteiger partial charge < -0.3 is 19.8 Å². The maximum Gasteiger partial charge on any atom is 0.194 e. The second-order valence-electron chi connectivity index (χ2n) is 4.64. The van der Waals surface area contributed by atoms with Gasteiger partial charge in [0.15, 0.2) is 11.9 Å². The van der Waals surface area contributed by atoms with E-state index in [2.05, 4.69) is 16.9 Å². The first-order chi connectivity index (χ1) is 9.20. The number of morpholine rings is 1. The van der Waals surface area contributed by atoms with Crippen LogP contribution >= 0.6 is 24.0 Å². The first-order valence-electron chi connectivity index (χ1n) is 6.78.